The molecule has 29 heavy (non-hydrogen) atoms. The second-order valence-corrected chi connectivity index (χ2v) is 8.17. The highest BCUT2D eigenvalue weighted by atomic mass is 35.5. The summed E-state index contributed by atoms with van der Waals surface area (Å²) < 4.78 is 5.76. The van der Waals surface area contributed by atoms with Crippen molar-refractivity contribution in [2.75, 3.05) is 53.4 Å². The van der Waals surface area contributed by atoms with Crippen LogP contribution in [0.5, 0.6) is 5.75 Å². The second-order valence-electron chi connectivity index (χ2n) is 7.74. The largest absolute Gasteiger partial charge is 0.485 e. The van der Waals surface area contributed by atoms with Gasteiger partial charge in [0.1, 0.15) is 5.75 Å². The van der Waals surface area contributed by atoms with Gasteiger partial charge >= 0.3 is 0 Å². The van der Waals surface area contributed by atoms with Crippen LogP contribution in [0, 0.1) is 0 Å². The summed E-state index contributed by atoms with van der Waals surface area (Å²) in [7, 11) is 4.13. The Morgan fingerprint density at radius 3 is 2.55 bits per heavy atom. The third-order valence-corrected chi connectivity index (χ3v) is 5.35. The maximum atomic E-state index is 12.9. The number of halogens is 1. The molecule has 0 unspecified atom stereocenters. The van der Waals surface area contributed by atoms with Crippen molar-refractivity contribution in [2.45, 2.75) is 13.0 Å². The van der Waals surface area contributed by atoms with E-state index in [1.54, 1.807) is 6.07 Å². The average Bonchev–Trinajstić information content (AvgIpc) is 2.73. The number of likely N-dealkylation sites (N-methyl/N-ethyl adjacent to an activating group) is 1. The number of hydrogen-bond donors (Lipinski definition) is 1. The summed E-state index contributed by atoms with van der Waals surface area (Å²) in [5, 5.41) is 3.92. The van der Waals surface area contributed by atoms with Gasteiger partial charge in [0.05, 0.1) is 0 Å². The molecule has 0 saturated carbocycles. The van der Waals surface area contributed by atoms with Crippen molar-refractivity contribution in [1.29, 1.82) is 0 Å². The van der Waals surface area contributed by atoms with Crippen molar-refractivity contribution in [3.05, 3.63) is 64.2 Å². The maximum Gasteiger partial charge on any atom is 0.200 e. The van der Waals surface area contributed by atoms with Gasteiger partial charge in [-0.15, -0.1) is 0 Å². The molecule has 6 heteroatoms. The van der Waals surface area contributed by atoms with Crippen molar-refractivity contribution in [3.63, 3.8) is 0 Å². The Hall–Kier alpha value is -1.92. The van der Waals surface area contributed by atoms with Crippen LogP contribution in [0.1, 0.15) is 21.5 Å². The molecular formula is C23H30ClN3O2. The molecule has 3 rings (SSSR count). The fourth-order valence-corrected chi connectivity index (χ4v) is 3.56. The SMILES string of the molecule is CN(C)CCc1ccc(OCC(=O)c2cc(Cl)ccc2CN2CCNCC2)cc1. The zero-order chi connectivity index (χ0) is 20.6. The molecule has 0 radical (unpaired) electrons. The van der Waals surface area contributed by atoms with Crippen molar-refractivity contribution in [3.8, 4) is 5.75 Å². The quantitative estimate of drug-likeness (QED) is 0.637. The number of piperazine rings is 1. The number of carbonyl (C=O) groups excluding carboxylic acids is 1. The number of benzene rings is 2. The lowest BCUT2D eigenvalue weighted by atomic mass is 10.0. The van der Waals surface area contributed by atoms with Crippen LogP contribution >= 0.6 is 11.6 Å². The summed E-state index contributed by atoms with van der Waals surface area (Å²) >= 11 is 6.17. The molecule has 1 N–H and O–H groups in total. The third kappa shape index (κ3) is 6.82. The number of ether oxygens (including phenoxy) is 1. The number of Topliss-reactive ketones (excluding diaryl/α,β-unsaturated/α-hetero) is 1. The fourth-order valence-electron chi connectivity index (χ4n) is 3.39. The van der Waals surface area contributed by atoms with Gasteiger partial charge in [0.15, 0.2) is 6.61 Å². The van der Waals surface area contributed by atoms with Gasteiger partial charge in [-0.05, 0) is 55.9 Å². The van der Waals surface area contributed by atoms with E-state index >= 15 is 0 Å². The summed E-state index contributed by atoms with van der Waals surface area (Å²) in [6.07, 6.45) is 0.990. The van der Waals surface area contributed by atoms with Crippen LogP contribution in [-0.4, -0.2) is 69.0 Å². The molecule has 1 heterocycles. The van der Waals surface area contributed by atoms with Gasteiger partial charge in [0.2, 0.25) is 5.78 Å². The summed E-state index contributed by atoms with van der Waals surface area (Å²) in [6, 6.07) is 13.5. The van der Waals surface area contributed by atoms with E-state index in [9.17, 15) is 4.79 Å². The molecule has 2 aromatic carbocycles. The Morgan fingerprint density at radius 1 is 1.14 bits per heavy atom. The molecule has 0 aliphatic carbocycles. The number of carbonyl (C=O) groups is 1. The predicted molar refractivity (Wildman–Crippen MR) is 118 cm³/mol. The minimum absolute atomic E-state index is 0.00590. The number of ketones is 1. The van der Waals surface area contributed by atoms with E-state index in [4.69, 9.17) is 16.3 Å². The van der Waals surface area contributed by atoms with Gasteiger partial charge in [-0.3, -0.25) is 9.69 Å². The van der Waals surface area contributed by atoms with E-state index in [1.165, 1.54) is 5.56 Å². The standard InChI is InChI=1S/C23H30ClN3O2/c1-26(2)12-9-18-3-7-21(8-4-18)29-17-23(28)22-15-20(24)6-5-19(22)16-27-13-10-25-11-14-27/h3-8,15,25H,9-14,16-17H2,1-2H3. The van der Waals surface area contributed by atoms with Crippen LogP contribution in [0.15, 0.2) is 42.5 Å². The van der Waals surface area contributed by atoms with Gasteiger partial charge < -0.3 is 15.0 Å². The molecule has 0 aromatic heterocycles. The van der Waals surface area contributed by atoms with E-state index in [0.29, 0.717) is 16.3 Å². The van der Waals surface area contributed by atoms with Gasteiger partial charge in [-0.2, -0.15) is 0 Å². The molecule has 0 spiro atoms. The lowest BCUT2D eigenvalue weighted by molar-refractivity contribution is 0.0919. The summed E-state index contributed by atoms with van der Waals surface area (Å²) in [6.45, 7) is 5.67. The smallest absolute Gasteiger partial charge is 0.200 e. The number of hydrogen-bond acceptors (Lipinski definition) is 5. The van der Waals surface area contributed by atoms with E-state index in [2.05, 4.69) is 41.3 Å². The van der Waals surface area contributed by atoms with Crippen LogP contribution in [0.2, 0.25) is 5.02 Å². The average molecular weight is 416 g/mol. The van der Waals surface area contributed by atoms with Crippen molar-refractivity contribution in [1.82, 2.24) is 15.1 Å². The van der Waals surface area contributed by atoms with E-state index in [-0.39, 0.29) is 12.4 Å². The Labute approximate surface area is 178 Å². The molecule has 0 bridgehead atoms. The summed E-state index contributed by atoms with van der Waals surface area (Å²) in [5.74, 6) is 0.659. The van der Waals surface area contributed by atoms with Gasteiger partial charge in [0, 0.05) is 49.9 Å². The van der Waals surface area contributed by atoms with Gasteiger partial charge in [-0.1, -0.05) is 29.8 Å². The lowest BCUT2D eigenvalue weighted by Crippen LogP contribution is -2.43. The van der Waals surface area contributed by atoms with Crippen LogP contribution in [0.4, 0.5) is 0 Å². The van der Waals surface area contributed by atoms with E-state index in [1.807, 2.05) is 24.3 Å². The summed E-state index contributed by atoms with van der Waals surface area (Å²) in [4.78, 5) is 17.4. The maximum absolute atomic E-state index is 12.9. The molecule has 5 nitrogen and oxygen atoms in total. The van der Waals surface area contributed by atoms with Crippen LogP contribution in [0.3, 0.4) is 0 Å². The Kier molecular flexibility index (Phi) is 8.07. The molecule has 1 fully saturated rings. The zero-order valence-corrected chi connectivity index (χ0v) is 18.0. The minimum Gasteiger partial charge on any atom is -0.485 e. The van der Waals surface area contributed by atoms with Crippen LogP contribution in [-0.2, 0) is 13.0 Å². The van der Waals surface area contributed by atoms with E-state index < -0.39 is 0 Å². The highest BCUT2D eigenvalue weighted by Crippen LogP contribution is 2.20. The minimum atomic E-state index is -0.0469. The molecule has 1 saturated heterocycles. The highest BCUT2D eigenvalue weighted by molar-refractivity contribution is 6.31. The van der Waals surface area contributed by atoms with Gasteiger partial charge in [-0.25, -0.2) is 0 Å². The molecule has 0 amide bonds. The van der Waals surface area contributed by atoms with Crippen LogP contribution < -0.4 is 10.1 Å². The molecule has 1 aliphatic rings. The fraction of sp³-hybridized carbons (Fsp3) is 0.435. The first-order valence-corrected chi connectivity index (χ1v) is 10.5. The van der Waals surface area contributed by atoms with Gasteiger partial charge in [0.25, 0.3) is 0 Å². The van der Waals surface area contributed by atoms with Crippen LogP contribution in [0.25, 0.3) is 0 Å². The molecule has 2 aromatic rings. The normalized spacial score (nSPS) is 14.9. The molecule has 156 valence electrons. The molecule has 1 aliphatic heterocycles. The molecular weight excluding hydrogens is 386 g/mol. The lowest BCUT2D eigenvalue weighted by Gasteiger charge is -2.27. The topological polar surface area (TPSA) is 44.8 Å². The zero-order valence-electron chi connectivity index (χ0n) is 17.3. The second kappa shape index (κ2) is 10.7. The van der Waals surface area contributed by atoms with E-state index in [0.717, 1.165) is 51.3 Å². The first-order valence-electron chi connectivity index (χ1n) is 10.1. The van der Waals surface area contributed by atoms with Crippen molar-refractivity contribution >= 4 is 17.4 Å². The Morgan fingerprint density at radius 2 is 1.86 bits per heavy atom. The predicted octanol–water partition coefficient (Wildman–Crippen LogP) is 3.11. The van der Waals surface area contributed by atoms with Crippen molar-refractivity contribution in [2.24, 2.45) is 0 Å². The number of nitrogens with one attached hydrogen (secondary N) is 1. The number of nitrogens with zero attached hydrogens (tertiary/aromatic N) is 2. The third-order valence-electron chi connectivity index (χ3n) is 5.12. The Bertz CT molecular complexity index is 802. The summed E-state index contributed by atoms with van der Waals surface area (Å²) in [5.41, 5.74) is 2.91. The first kappa shape index (κ1) is 21.8. The van der Waals surface area contributed by atoms with Crippen molar-refractivity contribution < 1.29 is 9.53 Å². The Balaban J connectivity index is 1.60. The number of rotatable bonds is 9. The first-order chi connectivity index (χ1) is 14.0. The monoisotopic (exact) mass is 415 g/mol. The molecule has 0 atom stereocenters. The highest BCUT2D eigenvalue weighted by Gasteiger charge is 2.17.